The highest BCUT2D eigenvalue weighted by atomic mass is 16.5. The summed E-state index contributed by atoms with van der Waals surface area (Å²) in [6.07, 6.45) is 3.10. The lowest BCUT2D eigenvalue weighted by molar-refractivity contribution is 0.270. The molecule has 0 unspecified atom stereocenters. The van der Waals surface area contributed by atoms with E-state index in [9.17, 15) is 5.02 Å². The molecule has 1 aromatic carbocycles. The number of hydrogen-bond donors (Lipinski definition) is 1. The quantitative estimate of drug-likeness (QED) is 0.763. The summed E-state index contributed by atoms with van der Waals surface area (Å²) in [6, 6.07) is 6.18. The highest BCUT2D eigenvalue weighted by molar-refractivity contribution is 6.60. The molecule has 0 fully saturated rings. The summed E-state index contributed by atoms with van der Waals surface area (Å²) >= 11 is 0. The van der Waals surface area contributed by atoms with E-state index in [2.05, 4.69) is 19.9 Å². The van der Waals surface area contributed by atoms with Crippen molar-refractivity contribution in [3.63, 3.8) is 0 Å². The highest BCUT2D eigenvalue weighted by Gasteiger charge is 2.24. The van der Waals surface area contributed by atoms with Gasteiger partial charge in [-0.15, -0.1) is 0 Å². The van der Waals surface area contributed by atoms with Gasteiger partial charge in [0.1, 0.15) is 0 Å². The summed E-state index contributed by atoms with van der Waals surface area (Å²) in [5.74, 6) is 0.646. The van der Waals surface area contributed by atoms with Gasteiger partial charge in [-0.1, -0.05) is 32.0 Å². The molecule has 1 N–H and O–H groups in total. The van der Waals surface area contributed by atoms with Crippen LogP contribution < -0.4 is 5.46 Å². The van der Waals surface area contributed by atoms with E-state index in [1.54, 1.807) is 0 Å². The van der Waals surface area contributed by atoms with E-state index in [1.807, 2.05) is 12.1 Å². The van der Waals surface area contributed by atoms with E-state index >= 15 is 0 Å². The second kappa shape index (κ2) is 5.02. The van der Waals surface area contributed by atoms with Gasteiger partial charge in [-0.3, -0.25) is 0 Å². The summed E-state index contributed by atoms with van der Waals surface area (Å²) in [5.41, 5.74) is 3.65. The zero-order valence-corrected chi connectivity index (χ0v) is 10.1. The van der Waals surface area contributed by atoms with Gasteiger partial charge in [-0.2, -0.15) is 0 Å². The van der Waals surface area contributed by atoms with Crippen molar-refractivity contribution < 1.29 is 9.68 Å². The Morgan fingerprint density at radius 2 is 2.25 bits per heavy atom. The van der Waals surface area contributed by atoms with Gasteiger partial charge in [0.05, 0.1) is 0 Å². The molecule has 0 bridgehead atoms. The number of rotatable bonds is 2. The Balaban J connectivity index is 2.36. The second-order valence-electron chi connectivity index (χ2n) is 4.91. The lowest BCUT2D eigenvalue weighted by Crippen LogP contribution is -2.35. The fourth-order valence-electron chi connectivity index (χ4n) is 2.36. The molecule has 3 heteroatoms. The highest BCUT2D eigenvalue weighted by Crippen LogP contribution is 2.16. The van der Waals surface area contributed by atoms with Gasteiger partial charge < -0.3 is 9.68 Å². The number of fused-ring (bicyclic) bond motifs is 1. The molecule has 1 aliphatic rings. The zero-order valence-electron chi connectivity index (χ0n) is 10.1. The van der Waals surface area contributed by atoms with Crippen molar-refractivity contribution in [3.05, 3.63) is 29.3 Å². The van der Waals surface area contributed by atoms with Crippen molar-refractivity contribution in [3.8, 4) is 0 Å². The minimum absolute atomic E-state index is 0.646. The van der Waals surface area contributed by atoms with Crippen LogP contribution in [0.1, 0.15) is 31.4 Å². The first-order chi connectivity index (χ1) is 7.68. The molecule has 0 aromatic heterocycles. The first-order valence-corrected chi connectivity index (χ1v) is 6.09. The third-order valence-electron chi connectivity index (χ3n) is 3.05. The molecule has 1 heterocycles. The molecule has 0 aliphatic carbocycles. The van der Waals surface area contributed by atoms with Crippen LogP contribution in [0.2, 0.25) is 0 Å². The fourth-order valence-corrected chi connectivity index (χ4v) is 2.36. The Labute approximate surface area is 97.8 Å². The van der Waals surface area contributed by atoms with Gasteiger partial charge >= 0.3 is 7.12 Å². The molecule has 1 aromatic rings. The lowest BCUT2D eigenvalue weighted by Gasteiger charge is -2.14. The molecule has 86 valence electrons. The molecule has 2 nitrogen and oxygen atoms in total. The van der Waals surface area contributed by atoms with Crippen molar-refractivity contribution >= 4 is 12.6 Å². The van der Waals surface area contributed by atoms with E-state index in [0.29, 0.717) is 12.5 Å². The van der Waals surface area contributed by atoms with Gasteiger partial charge in [0.2, 0.25) is 0 Å². The van der Waals surface area contributed by atoms with Gasteiger partial charge in [-0.25, -0.2) is 0 Å². The molecule has 0 amide bonds. The fraction of sp³-hybridized carbons (Fsp3) is 0.538. The number of hydrogen-bond acceptors (Lipinski definition) is 2. The van der Waals surface area contributed by atoms with E-state index in [1.165, 1.54) is 11.1 Å². The van der Waals surface area contributed by atoms with Crippen LogP contribution in [0, 0.1) is 5.92 Å². The van der Waals surface area contributed by atoms with Gasteiger partial charge in [0.25, 0.3) is 0 Å². The molecule has 16 heavy (non-hydrogen) atoms. The lowest BCUT2D eigenvalue weighted by atomic mass is 9.74. The van der Waals surface area contributed by atoms with E-state index in [4.69, 9.17) is 4.65 Å². The van der Waals surface area contributed by atoms with Crippen molar-refractivity contribution in [2.24, 2.45) is 5.92 Å². The molecule has 0 radical (unpaired) electrons. The van der Waals surface area contributed by atoms with Crippen LogP contribution >= 0.6 is 0 Å². The van der Waals surface area contributed by atoms with Crippen LogP contribution in [0.15, 0.2) is 18.2 Å². The molecule has 1 aliphatic heterocycles. The standard InChI is InChI=1S/C13H19BO2/c1-10(2)9-11-5-3-7-13-12(11)6-4-8-16-14(13)15/h3,5,7,10,15H,4,6,8-9H2,1-2H3. The predicted molar refractivity (Wildman–Crippen MR) is 66.9 cm³/mol. The maximum atomic E-state index is 9.88. The minimum Gasteiger partial charge on any atom is -0.423 e. The molecule has 0 saturated heterocycles. The minimum atomic E-state index is -0.732. The Morgan fingerprint density at radius 1 is 1.44 bits per heavy atom. The average molecular weight is 218 g/mol. The maximum absolute atomic E-state index is 9.88. The van der Waals surface area contributed by atoms with Crippen molar-refractivity contribution in [1.82, 2.24) is 0 Å². The van der Waals surface area contributed by atoms with E-state index in [-0.39, 0.29) is 0 Å². The van der Waals surface area contributed by atoms with Gasteiger partial charge in [-0.05, 0) is 41.8 Å². The summed E-state index contributed by atoms with van der Waals surface area (Å²) < 4.78 is 5.34. The topological polar surface area (TPSA) is 29.5 Å². The SMILES string of the molecule is CC(C)Cc1cccc2c1CCCOB2O. The Bertz CT molecular complexity index is 363. The van der Waals surface area contributed by atoms with Gasteiger partial charge in [0, 0.05) is 6.61 Å². The third kappa shape index (κ3) is 2.47. The summed E-state index contributed by atoms with van der Waals surface area (Å²) in [4.78, 5) is 0. The maximum Gasteiger partial charge on any atom is 0.491 e. The first-order valence-electron chi connectivity index (χ1n) is 6.09. The second-order valence-corrected chi connectivity index (χ2v) is 4.91. The Hall–Kier alpha value is -0.795. The van der Waals surface area contributed by atoms with E-state index < -0.39 is 7.12 Å². The molecule has 0 spiro atoms. The monoisotopic (exact) mass is 218 g/mol. The third-order valence-corrected chi connectivity index (χ3v) is 3.05. The number of benzene rings is 1. The van der Waals surface area contributed by atoms with Crippen LogP contribution in [0.25, 0.3) is 0 Å². The van der Waals surface area contributed by atoms with Crippen LogP contribution in [0.4, 0.5) is 0 Å². The first kappa shape index (κ1) is 11.7. The normalized spacial score (nSPS) is 16.1. The van der Waals surface area contributed by atoms with Crippen LogP contribution in [0.3, 0.4) is 0 Å². The molecule has 0 atom stereocenters. The molecular formula is C13H19BO2. The van der Waals surface area contributed by atoms with E-state index in [0.717, 1.165) is 24.7 Å². The van der Waals surface area contributed by atoms with Gasteiger partial charge in [0.15, 0.2) is 0 Å². The summed E-state index contributed by atoms with van der Waals surface area (Å²) in [6.45, 7) is 5.10. The zero-order chi connectivity index (χ0) is 11.5. The van der Waals surface area contributed by atoms with Crippen molar-refractivity contribution in [2.45, 2.75) is 33.1 Å². The van der Waals surface area contributed by atoms with Crippen LogP contribution in [0.5, 0.6) is 0 Å². The molecule has 0 saturated carbocycles. The van der Waals surface area contributed by atoms with Crippen LogP contribution in [-0.4, -0.2) is 18.7 Å². The molecule has 2 rings (SSSR count). The van der Waals surface area contributed by atoms with Crippen molar-refractivity contribution in [1.29, 1.82) is 0 Å². The Morgan fingerprint density at radius 3 is 3.00 bits per heavy atom. The average Bonchev–Trinajstić information content (AvgIpc) is 2.41. The predicted octanol–water partition coefficient (Wildman–Crippen LogP) is 1.54. The summed E-state index contributed by atoms with van der Waals surface area (Å²) in [5, 5.41) is 9.88. The largest absolute Gasteiger partial charge is 0.491 e. The summed E-state index contributed by atoms with van der Waals surface area (Å²) in [7, 11) is -0.732. The Kier molecular flexibility index (Phi) is 3.67. The smallest absolute Gasteiger partial charge is 0.423 e. The molecular weight excluding hydrogens is 199 g/mol. The van der Waals surface area contributed by atoms with Crippen molar-refractivity contribution in [2.75, 3.05) is 6.61 Å². The van der Waals surface area contributed by atoms with Crippen LogP contribution in [-0.2, 0) is 17.5 Å².